The standard InChI is InChI=1S/C28H26Cl2FN3O3/c29-23-8-4-7-21(26(23)30)18-37-25-10-9-20(15-24(25)31)28(36)34-16-22(17-34)32-11-13-33(14-12-32)27(35)19-5-2-1-3-6-19/h1-10,15,22H,11-14,16-18H2. The highest BCUT2D eigenvalue weighted by atomic mass is 35.5. The lowest BCUT2D eigenvalue weighted by molar-refractivity contribution is 0.00851. The average Bonchev–Trinajstić information content (AvgIpc) is 2.89. The van der Waals surface area contributed by atoms with Crippen molar-refractivity contribution in [3.8, 4) is 5.75 Å². The number of hydrogen-bond donors (Lipinski definition) is 0. The molecule has 2 fully saturated rings. The third-order valence-corrected chi connectivity index (χ3v) is 7.74. The molecular weight excluding hydrogens is 516 g/mol. The summed E-state index contributed by atoms with van der Waals surface area (Å²) < 4.78 is 20.2. The summed E-state index contributed by atoms with van der Waals surface area (Å²) in [5.74, 6) is -0.731. The lowest BCUT2D eigenvalue weighted by atomic mass is 10.0. The molecule has 0 bridgehead atoms. The predicted molar refractivity (Wildman–Crippen MR) is 141 cm³/mol. The molecule has 2 aliphatic rings. The second kappa shape index (κ2) is 11.1. The highest BCUT2D eigenvalue weighted by molar-refractivity contribution is 6.42. The van der Waals surface area contributed by atoms with E-state index in [1.54, 1.807) is 29.2 Å². The van der Waals surface area contributed by atoms with Gasteiger partial charge in [0.05, 0.1) is 10.0 Å². The van der Waals surface area contributed by atoms with Gasteiger partial charge in [-0.2, -0.15) is 0 Å². The van der Waals surface area contributed by atoms with Crippen LogP contribution in [0.2, 0.25) is 10.0 Å². The molecule has 3 aromatic rings. The molecule has 192 valence electrons. The first-order valence-electron chi connectivity index (χ1n) is 12.1. The van der Waals surface area contributed by atoms with Crippen LogP contribution in [0.25, 0.3) is 0 Å². The topological polar surface area (TPSA) is 53.1 Å². The van der Waals surface area contributed by atoms with Crippen molar-refractivity contribution in [1.82, 2.24) is 14.7 Å². The smallest absolute Gasteiger partial charge is 0.254 e. The lowest BCUT2D eigenvalue weighted by Crippen LogP contribution is -2.64. The van der Waals surface area contributed by atoms with Crippen LogP contribution < -0.4 is 4.74 Å². The fraction of sp³-hybridized carbons (Fsp3) is 0.286. The number of hydrogen-bond acceptors (Lipinski definition) is 4. The van der Waals surface area contributed by atoms with Gasteiger partial charge in [0.15, 0.2) is 11.6 Å². The molecule has 2 aliphatic heterocycles. The molecule has 3 aromatic carbocycles. The van der Waals surface area contributed by atoms with Gasteiger partial charge in [-0.1, -0.05) is 53.5 Å². The predicted octanol–water partition coefficient (Wildman–Crippen LogP) is 4.99. The number of carbonyl (C=O) groups is 2. The summed E-state index contributed by atoms with van der Waals surface area (Å²) in [7, 11) is 0. The zero-order valence-electron chi connectivity index (χ0n) is 20.1. The van der Waals surface area contributed by atoms with E-state index in [0.29, 0.717) is 47.4 Å². The molecule has 37 heavy (non-hydrogen) atoms. The van der Waals surface area contributed by atoms with Crippen molar-refractivity contribution >= 4 is 35.0 Å². The summed E-state index contributed by atoms with van der Waals surface area (Å²) in [4.78, 5) is 31.5. The molecule has 0 spiro atoms. The molecule has 9 heteroatoms. The van der Waals surface area contributed by atoms with E-state index >= 15 is 0 Å². The Balaban J connectivity index is 1.10. The van der Waals surface area contributed by atoms with Gasteiger partial charge >= 0.3 is 0 Å². The Labute approximate surface area is 225 Å². The number of amides is 2. The van der Waals surface area contributed by atoms with E-state index < -0.39 is 5.82 Å². The minimum absolute atomic E-state index is 0.0389. The number of nitrogens with zero attached hydrogens (tertiary/aromatic N) is 3. The Morgan fingerprint density at radius 1 is 0.838 bits per heavy atom. The maximum atomic E-state index is 14.7. The van der Waals surface area contributed by atoms with Crippen LogP contribution in [0, 0.1) is 5.82 Å². The van der Waals surface area contributed by atoms with Crippen molar-refractivity contribution in [1.29, 1.82) is 0 Å². The lowest BCUT2D eigenvalue weighted by Gasteiger charge is -2.48. The van der Waals surface area contributed by atoms with Crippen LogP contribution in [0.3, 0.4) is 0 Å². The first-order chi connectivity index (χ1) is 17.9. The van der Waals surface area contributed by atoms with Gasteiger partial charge in [0.1, 0.15) is 6.61 Å². The summed E-state index contributed by atoms with van der Waals surface area (Å²) in [6.07, 6.45) is 0. The molecule has 0 unspecified atom stereocenters. The van der Waals surface area contributed by atoms with Crippen molar-refractivity contribution in [2.75, 3.05) is 39.3 Å². The van der Waals surface area contributed by atoms with E-state index in [1.165, 1.54) is 12.1 Å². The number of carbonyl (C=O) groups excluding carboxylic acids is 2. The summed E-state index contributed by atoms with van der Waals surface area (Å²) in [6.45, 7) is 4.07. The van der Waals surface area contributed by atoms with Crippen LogP contribution in [0.1, 0.15) is 26.3 Å². The van der Waals surface area contributed by atoms with Crippen molar-refractivity contribution in [3.05, 3.63) is 99.3 Å². The highest BCUT2D eigenvalue weighted by Gasteiger charge is 2.37. The van der Waals surface area contributed by atoms with Crippen LogP contribution in [-0.4, -0.2) is 71.8 Å². The van der Waals surface area contributed by atoms with Gasteiger partial charge in [0, 0.05) is 62.0 Å². The molecule has 0 aromatic heterocycles. The van der Waals surface area contributed by atoms with E-state index in [2.05, 4.69) is 4.90 Å². The minimum Gasteiger partial charge on any atom is -0.486 e. The first-order valence-corrected chi connectivity index (χ1v) is 12.9. The normalized spacial score (nSPS) is 16.4. The zero-order chi connectivity index (χ0) is 25.9. The van der Waals surface area contributed by atoms with Crippen molar-refractivity contribution in [2.45, 2.75) is 12.6 Å². The van der Waals surface area contributed by atoms with Crippen LogP contribution >= 0.6 is 23.2 Å². The third kappa shape index (κ3) is 5.59. The summed E-state index contributed by atoms with van der Waals surface area (Å²) in [5, 5.41) is 0.771. The molecule has 0 aliphatic carbocycles. The first kappa shape index (κ1) is 25.5. The Morgan fingerprint density at radius 3 is 2.24 bits per heavy atom. The average molecular weight is 542 g/mol. The maximum Gasteiger partial charge on any atom is 0.254 e. The number of piperazine rings is 1. The molecule has 2 saturated heterocycles. The molecular formula is C28H26Cl2FN3O3. The Morgan fingerprint density at radius 2 is 1.54 bits per heavy atom. The van der Waals surface area contributed by atoms with Gasteiger partial charge in [-0.05, 0) is 36.4 Å². The Hall–Kier alpha value is -3.13. The molecule has 5 rings (SSSR count). The highest BCUT2D eigenvalue weighted by Crippen LogP contribution is 2.28. The van der Waals surface area contributed by atoms with Gasteiger partial charge in [0.2, 0.25) is 0 Å². The van der Waals surface area contributed by atoms with Crippen LogP contribution in [-0.2, 0) is 6.61 Å². The van der Waals surface area contributed by atoms with E-state index in [4.69, 9.17) is 27.9 Å². The summed E-state index contributed by atoms with van der Waals surface area (Å²) in [5.41, 5.74) is 1.63. The number of benzene rings is 3. The molecule has 0 atom stereocenters. The van der Waals surface area contributed by atoms with Crippen LogP contribution in [0.5, 0.6) is 5.75 Å². The largest absolute Gasteiger partial charge is 0.486 e. The van der Waals surface area contributed by atoms with Gasteiger partial charge in [0.25, 0.3) is 11.8 Å². The number of likely N-dealkylation sites (tertiary alicyclic amines) is 1. The van der Waals surface area contributed by atoms with E-state index in [9.17, 15) is 14.0 Å². The molecule has 2 heterocycles. The molecule has 2 amide bonds. The number of rotatable bonds is 6. The summed E-state index contributed by atoms with van der Waals surface area (Å²) >= 11 is 12.2. The van der Waals surface area contributed by atoms with Crippen LogP contribution in [0.15, 0.2) is 66.7 Å². The summed E-state index contributed by atoms with van der Waals surface area (Å²) in [6, 6.07) is 19.0. The van der Waals surface area contributed by atoms with E-state index in [-0.39, 0.29) is 35.8 Å². The minimum atomic E-state index is -0.611. The maximum absolute atomic E-state index is 14.7. The monoisotopic (exact) mass is 541 g/mol. The number of ether oxygens (including phenoxy) is 1. The van der Waals surface area contributed by atoms with E-state index in [0.717, 1.165) is 13.1 Å². The fourth-order valence-electron chi connectivity index (χ4n) is 4.65. The van der Waals surface area contributed by atoms with E-state index in [1.807, 2.05) is 35.2 Å². The number of halogens is 3. The van der Waals surface area contributed by atoms with Gasteiger partial charge in [-0.15, -0.1) is 0 Å². The third-order valence-electron chi connectivity index (χ3n) is 6.88. The van der Waals surface area contributed by atoms with Crippen LogP contribution in [0.4, 0.5) is 4.39 Å². The molecule has 0 saturated carbocycles. The zero-order valence-corrected chi connectivity index (χ0v) is 21.6. The van der Waals surface area contributed by atoms with Gasteiger partial charge in [-0.3, -0.25) is 14.5 Å². The molecule has 0 N–H and O–H groups in total. The Kier molecular flexibility index (Phi) is 7.65. The van der Waals surface area contributed by atoms with Crippen molar-refractivity contribution in [2.24, 2.45) is 0 Å². The van der Waals surface area contributed by atoms with Crippen molar-refractivity contribution in [3.63, 3.8) is 0 Å². The second-order valence-electron chi connectivity index (χ2n) is 9.20. The SMILES string of the molecule is O=C(c1ccccc1)N1CCN(C2CN(C(=O)c3ccc(OCc4cccc(Cl)c4Cl)c(F)c3)C2)CC1. The molecule has 6 nitrogen and oxygen atoms in total. The van der Waals surface area contributed by atoms with Gasteiger partial charge < -0.3 is 14.5 Å². The quantitative estimate of drug-likeness (QED) is 0.441. The van der Waals surface area contributed by atoms with Crippen molar-refractivity contribution < 1.29 is 18.7 Å². The molecule has 0 radical (unpaired) electrons. The Bertz CT molecular complexity index is 1290. The van der Waals surface area contributed by atoms with Gasteiger partial charge in [-0.25, -0.2) is 4.39 Å². The fourth-order valence-corrected chi connectivity index (χ4v) is 5.03. The second-order valence-corrected chi connectivity index (χ2v) is 9.99.